The molecule has 94 valence electrons. The van der Waals surface area contributed by atoms with E-state index in [2.05, 4.69) is 43.4 Å². The summed E-state index contributed by atoms with van der Waals surface area (Å²) in [6.45, 7) is 7.07. The SMILES string of the molecule is CSC(C)(C)CN=C(N)Nc1cccc(C)c1. The summed E-state index contributed by atoms with van der Waals surface area (Å²) in [6.07, 6.45) is 2.08. The highest BCUT2D eigenvalue weighted by atomic mass is 32.2. The predicted octanol–water partition coefficient (Wildman–Crippen LogP) is 2.86. The van der Waals surface area contributed by atoms with Crippen LogP contribution in [-0.2, 0) is 0 Å². The van der Waals surface area contributed by atoms with Gasteiger partial charge in [0.1, 0.15) is 0 Å². The molecule has 0 bridgehead atoms. The number of aliphatic imine (C=N–C) groups is 1. The summed E-state index contributed by atoms with van der Waals surface area (Å²) in [5, 5.41) is 3.10. The Bertz CT molecular complexity index is 399. The molecule has 0 aromatic heterocycles. The number of nitrogens with zero attached hydrogens (tertiary/aromatic N) is 1. The summed E-state index contributed by atoms with van der Waals surface area (Å²) in [7, 11) is 0. The molecule has 0 unspecified atom stereocenters. The summed E-state index contributed by atoms with van der Waals surface area (Å²) < 4.78 is 0.124. The Hall–Kier alpha value is -1.16. The van der Waals surface area contributed by atoms with Crippen LogP contribution in [0.2, 0.25) is 0 Å². The van der Waals surface area contributed by atoms with Gasteiger partial charge >= 0.3 is 0 Å². The van der Waals surface area contributed by atoms with Gasteiger partial charge in [-0.15, -0.1) is 0 Å². The molecule has 0 fully saturated rings. The minimum Gasteiger partial charge on any atom is -0.370 e. The number of nitrogens with two attached hydrogens (primary N) is 1. The zero-order valence-corrected chi connectivity index (χ0v) is 11.8. The van der Waals surface area contributed by atoms with Crippen LogP contribution in [0.3, 0.4) is 0 Å². The van der Waals surface area contributed by atoms with Gasteiger partial charge in [-0.1, -0.05) is 12.1 Å². The first-order chi connectivity index (χ1) is 7.93. The molecule has 3 nitrogen and oxygen atoms in total. The number of rotatable bonds is 4. The highest BCUT2D eigenvalue weighted by Crippen LogP contribution is 2.21. The van der Waals surface area contributed by atoms with Crippen LogP contribution in [0.5, 0.6) is 0 Å². The van der Waals surface area contributed by atoms with Gasteiger partial charge in [0.05, 0.1) is 6.54 Å². The topological polar surface area (TPSA) is 50.4 Å². The maximum atomic E-state index is 5.85. The molecule has 0 aliphatic rings. The van der Waals surface area contributed by atoms with Gasteiger partial charge in [-0.05, 0) is 44.7 Å². The molecular weight excluding hydrogens is 230 g/mol. The van der Waals surface area contributed by atoms with Crippen molar-refractivity contribution < 1.29 is 0 Å². The fraction of sp³-hybridized carbons (Fsp3) is 0.462. The lowest BCUT2D eigenvalue weighted by atomic mass is 10.2. The van der Waals surface area contributed by atoms with Crippen LogP contribution in [0.25, 0.3) is 0 Å². The van der Waals surface area contributed by atoms with Crippen LogP contribution in [0.1, 0.15) is 19.4 Å². The number of benzene rings is 1. The van der Waals surface area contributed by atoms with Crippen LogP contribution in [0.15, 0.2) is 29.3 Å². The average molecular weight is 251 g/mol. The summed E-state index contributed by atoms with van der Waals surface area (Å²) in [6, 6.07) is 8.07. The molecule has 0 radical (unpaired) electrons. The number of thioether (sulfide) groups is 1. The summed E-state index contributed by atoms with van der Waals surface area (Å²) in [5.74, 6) is 0.470. The van der Waals surface area contributed by atoms with Gasteiger partial charge in [-0.2, -0.15) is 11.8 Å². The van der Waals surface area contributed by atoms with Crippen molar-refractivity contribution in [1.82, 2.24) is 0 Å². The molecule has 0 saturated heterocycles. The molecule has 0 aliphatic heterocycles. The molecule has 0 saturated carbocycles. The molecule has 3 N–H and O–H groups in total. The molecule has 17 heavy (non-hydrogen) atoms. The molecule has 0 atom stereocenters. The smallest absolute Gasteiger partial charge is 0.193 e. The van der Waals surface area contributed by atoms with Crippen molar-refractivity contribution in [2.45, 2.75) is 25.5 Å². The van der Waals surface area contributed by atoms with E-state index in [1.807, 2.05) is 18.2 Å². The van der Waals surface area contributed by atoms with Gasteiger partial charge in [0.15, 0.2) is 5.96 Å². The first-order valence-corrected chi connectivity index (χ1v) is 6.84. The molecule has 1 rings (SSSR count). The van der Waals surface area contributed by atoms with Gasteiger partial charge < -0.3 is 11.1 Å². The highest BCUT2D eigenvalue weighted by molar-refractivity contribution is 7.99. The molecule has 0 aliphatic carbocycles. The third-order valence-corrected chi connectivity index (χ3v) is 3.71. The number of hydrogen-bond acceptors (Lipinski definition) is 2. The van der Waals surface area contributed by atoms with Crippen LogP contribution in [0, 0.1) is 6.92 Å². The second-order valence-electron chi connectivity index (χ2n) is 4.66. The van der Waals surface area contributed by atoms with Crippen LogP contribution < -0.4 is 11.1 Å². The van der Waals surface area contributed by atoms with E-state index < -0.39 is 0 Å². The monoisotopic (exact) mass is 251 g/mol. The van der Waals surface area contributed by atoms with Gasteiger partial charge in [0.25, 0.3) is 0 Å². The van der Waals surface area contributed by atoms with E-state index in [0.29, 0.717) is 12.5 Å². The fourth-order valence-electron chi connectivity index (χ4n) is 1.25. The summed E-state index contributed by atoms with van der Waals surface area (Å²) in [4.78, 5) is 4.35. The zero-order chi connectivity index (χ0) is 12.9. The van der Waals surface area contributed by atoms with Crippen molar-refractivity contribution in [3.05, 3.63) is 29.8 Å². The van der Waals surface area contributed by atoms with Crippen molar-refractivity contribution in [1.29, 1.82) is 0 Å². The second kappa shape index (κ2) is 5.96. The number of aryl methyl sites for hydroxylation is 1. The van der Waals surface area contributed by atoms with Gasteiger partial charge in [-0.25, -0.2) is 0 Å². The normalized spacial score (nSPS) is 12.6. The zero-order valence-electron chi connectivity index (χ0n) is 10.9. The molecule has 4 heteroatoms. The Balaban J connectivity index is 2.60. The molecule has 1 aromatic carbocycles. The Labute approximate surface area is 108 Å². The molecule has 0 spiro atoms. The maximum Gasteiger partial charge on any atom is 0.193 e. The van der Waals surface area contributed by atoms with E-state index in [1.165, 1.54) is 5.56 Å². The van der Waals surface area contributed by atoms with E-state index in [1.54, 1.807) is 11.8 Å². The van der Waals surface area contributed by atoms with Gasteiger partial charge in [-0.3, -0.25) is 4.99 Å². The molecule has 0 amide bonds. The van der Waals surface area contributed by atoms with Crippen molar-refractivity contribution >= 4 is 23.4 Å². The minimum absolute atomic E-state index is 0.124. The highest BCUT2D eigenvalue weighted by Gasteiger charge is 2.14. The van der Waals surface area contributed by atoms with E-state index >= 15 is 0 Å². The van der Waals surface area contributed by atoms with Gasteiger partial charge in [0, 0.05) is 10.4 Å². The third-order valence-electron chi connectivity index (χ3n) is 2.47. The van der Waals surface area contributed by atoms with Gasteiger partial charge in [0.2, 0.25) is 0 Å². The van der Waals surface area contributed by atoms with E-state index in [0.717, 1.165) is 5.69 Å². The average Bonchev–Trinajstić information content (AvgIpc) is 2.27. The largest absolute Gasteiger partial charge is 0.370 e. The van der Waals surface area contributed by atoms with Crippen LogP contribution in [0.4, 0.5) is 5.69 Å². The molecule has 1 aromatic rings. The van der Waals surface area contributed by atoms with Crippen molar-refractivity contribution in [2.75, 3.05) is 18.1 Å². The quantitative estimate of drug-likeness (QED) is 0.639. The summed E-state index contributed by atoms with van der Waals surface area (Å²) in [5.41, 5.74) is 8.03. The Morgan fingerprint density at radius 1 is 1.47 bits per heavy atom. The Morgan fingerprint density at radius 3 is 2.76 bits per heavy atom. The van der Waals surface area contributed by atoms with E-state index in [-0.39, 0.29) is 4.75 Å². The standard InChI is InChI=1S/C13H21N3S/c1-10-6-5-7-11(8-10)16-12(14)15-9-13(2,3)17-4/h5-8H,9H2,1-4H3,(H3,14,15,16). The third kappa shape index (κ3) is 5.13. The molecule has 0 heterocycles. The van der Waals surface area contributed by atoms with Crippen molar-refractivity contribution in [2.24, 2.45) is 10.7 Å². The predicted molar refractivity (Wildman–Crippen MR) is 78.9 cm³/mol. The molecular formula is C13H21N3S. The number of hydrogen-bond donors (Lipinski definition) is 2. The van der Waals surface area contributed by atoms with Crippen molar-refractivity contribution in [3.8, 4) is 0 Å². The minimum atomic E-state index is 0.124. The van der Waals surface area contributed by atoms with E-state index in [9.17, 15) is 0 Å². The first kappa shape index (κ1) is 13.9. The summed E-state index contributed by atoms with van der Waals surface area (Å²) >= 11 is 1.79. The lowest BCUT2D eigenvalue weighted by molar-refractivity contribution is 0.726. The van der Waals surface area contributed by atoms with Crippen LogP contribution in [-0.4, -0.2) is 23.5 Å². The maximum absolute atomic E-state index is 5.85. The number of guanidine groups is 1. The first-order valence-electron chi connectivity index (χ1n) is 5.62. The van der Waals surface area contributed by atoms with Crippen molar-refractivity contribution in [3.63, 3.8) is 0 Å². The number of anilines is 1. The number of nitrogens with one attached hydrogen (secondary N) is 1. The van der Waals surface area contributed by atoms with Crippen LogP contribution >= 0.6 is 11.8 Å². The lowest BCUT2D eigenvalue weighted by Crippen LogP contribution is -2.27. The Morgan fingerprint density at radius 2 is 2.18 bits per heavy atom. The lowest BCUT2D eigenvalue weighted by Gasteiger charge is -2.19. The van der Waals surface area contributed by atoms with E-state index in [4.69, 9.17) is 5.73 Å². The second-order valence-corrected chi connectivity index (χ2v) is 6.17. The Kier molecular flexibility index (Phi) is 4.87. The fourth-order valence-corrected chi connectivity index (χ4v) is 1.44.